The fourth-order valence-corrected chi connectivity index (χ4v) is 5.46. The van der Waals surface area contributed by atoms with Gasteiger partial charge in [-0.25, -0.2) is 4.79 Å². The Morgan fingerprint density at radius 3 is 2.55 bits per heavy atom. The van der Waals surface area contributed by atoms with Crippen molar-refractivity contribution in [3.05, 3.63) is 88.9 Å². The number of ketones is 1. The van der Waals surface area contributed by atoms with Crippen molar-refractivity contribution in [3.63, 3.8) is 0 Å². The number of aliphatic hydroxyl groups is 1. The van der Waals surface area contributed by atoms with Gasteiger partial charge in [-0.3, -0.25) is 4.79 Å². The molecule has 2 atom stereocenters. The molecule has 0 saturated carbocycles. The third-order valence-corrected chi connectivity index (χ3v) is 7.44. The van der Waals surface area contributed by atoms with E-state index in [-0.39, 0.29) is 25.4 Å². The van der Waals surface area contributed by atoms with Gasteiger partial charge in [0.1, 0.15) is 5.75 Å². The quantitative estimate of drug-likeness (QED) is 0.292. The summed E-state index contributed by atoms with van der Waals surface area (Å²) < 4.78 is 5.39. The van der Waals surface area contributed by atoms with Gasteiger partial charge in [0.05, 0.1) is 7.11 Å². The van der Waals surface area contributed by atoms with Gasteiger partial charge in [0.15, 0.2) is 11.4 Å². The van der Waals surface area contributed by atoms with E-state index in [9.17, 15) is 19.8 Å². The SMILES string of the molecule is COc1cccc(-c2c(Cl)cccc2C(O)(CCCN(C(=O)O)C2CCCNC2)C(=O)c2ccccc2)c1. The van der Waals surface area contributed by atoms with Crippen molar-refractivity contribution in [1.29, 1.82) is 0 Å². The van der Waals surface area contributed by atoms with Gasteiger partial charge in [0.25, 0.3) is 0 Å². The largest absolute Gasteiger partial charge is 0.497 e. The lowest BCUT2D eigenvalue weighted by Gasteiger charge is -2.34. The van der Waals surface area contributed by atoms with Gasteiger partial charge in [-0.15, -0.1) is 0 Å². The van der Waals surface area contributed by atoms with E-state index in [0.717, 1.165) is 19.4 Å². The number of hydrogen-bond acceptors (Lipinski definition) is 5. The molecular formula is C30H33ClN2O5. The Labute approximate surface area is 228 Å². The molecule has 7 nitrogen and oxygen atoms in total. The second-order valence-corrected chi connectivity index (χ2v) is 9.94. The fraction of sp³-hybridized carbons (Fsp3) is 0.333. The lowest BCUT2D eigenvalue weighted by molar-refractivity contribution is 0.0220. The molecular weight excluding hydrogens is 504 g/mol. The standard InChI is InChI=1S/C30H33ClN2O5/c1-38-24-13-5-11-22(19-24)27-25(14-6-15-26(27)31)30(37,28(34)21-9-3-2-4-10-21)16-8-18-33(29(35)36)23-12-7-17-32-20-23/h2-6,9-11,13-15,19,23,32,37H,7-8,12,16-18,20H2,1H3,(H,35,36). The summed E-state index contributed by atoms with van der Waals surface area (Å²) in [5.41, 5.74) is 0.0159. The first kappa shape index (κ1) is 27.6. The Hall–Kier alpha value is -3.39. The number of methoxy groups -OCH3 is 1. The molecule has 0 aromatic heterocycles. The molecule has 0 radical (unpaired) electrons. The van der Waals surface area contributed by atoms with Crippen LogP contribution in [0.4, 0.5) is 4.79 Å². The van der Waals surface area contributed by atoms with E-state index in [2.05, 4.69) is 5.32 Å². The van der Waals surface area contributed by atoms with E-state index in [4.69, 9.17) is 16.3 Å². The van der Waals surface area contributed by atoms with Crippen LogP contribution in [0.2, 0.25) is 5.02 Å². The lowest BCUT2D eigenvalue weighted by Crippen LogP contribution is -2.49. The third-order valence-electron chi connectivity index (χ3n) is 7.12. The summed E-state index contributed by atoms with van der Waals surface area (Å²) in [6, 6.07) is 20.9. The zero-order valence-electron chi connectivity index (χ0n) is 21.4. The normalized spacial score (nSPS) is 16.9. The number of piperidine rings is 1. The van der Waals surface area contributed by atoms with Gasteiger partial charge >= 0.3 is 6.09 Å². The van der Waals surface area contributed by atoms with Crippen LogP contribution in [0.1, 0.15) is 41.6 Å². The Balaban J connectivity index is 1.73. The van der Waals surface area contributed by atoms with E-state index in [1.165, 1.54) is 4.90 Å². The highest BCUT2D eigenvalue weighted by Crippen LogP contribution is 2.42. The van der Waals surface area contributed by atoms with Crippen molar-refractivity contribution >= 4 is 23.5 Å². The van der Waals surface area contributed by atoms with Gasteiger partial charge < -0.3 is 25.2 Å². The van der Waals surface area contributed by atoms with Gasteiger partial charge in [-0.2, -0.15) is 0 Å². The minimum absolute atomic E-state index is 0.0158. The Bertz CT molecular complexity index is 1260. The zero-order valence-corrected chi connectivity index (χ0v) is 22.2. The molecule has 3 aromatic rings. The minimum atomic E-state index is -1.94. The Kier molecular flexibility index (Phi) is 9.05. The van der Waals surface area contributed by atoms with E-state index >= 15 is 0 Å². The monoisotopic (exact) mass is 536 g/mol. The number of Topliss-reactive ketones (excluding diaryl/α,β-unsaturated/α-hetero) is 1. The van der Waals surface area contributed by atoms with Crippen molar-refractivity contribution < 1.29 is 24.5 Å². The number of nitrogens with one attached hydrogen (secondary N) is 1. The van der Waals surface area contributed by atoms with Gasteiger partial charge in [-0.05, 0) is 56.0 Å². The first-order valence-electron chi connectivity index (χ1n) is 12.8. The summed E-state index contributed by atoms with van der Waals surface area (Å²) in [6.45, 7) is 1.66. The number of benzene rings is 3. The molecule has 1 aliphatic rings. The highest BCUT2D eigenvalue weighted by atomic mass is 35.5. The smallest absolute Gasteiger partial charge is 0.407 e. The summed E-state index contributed by atoms with van der Waals surface area (Å²) in [4.78, 5) is 27.4. The summed E-state index contributed by atoms with van der Waals surface area (Å²) >= 11 is 6.69. The van der Waals surface area contributed by atoms with E-state index < -0.39 is 17.5 Å². The maximum absolute atomic E-state index is 13.9. The maximum Gasteiger partial charge on any atom is 0.407 e. The van der Waals surface area contributed by atoms with Crippen LogP contribution in [0.25, 0.3) is 11.1 Å². The second kappa shape index (κ2) is 12.4. The molecule has 0 spiro atoms. The van der Waals surface area contributed by atoms with Gasteiger partial charge in [-0.1, -0.05) is 66.2 Å². The summed E-state index contributed by atoms with van der Waals surface area (Å²) in [7, 11) is 1.57. The van der Waals surface area contributed by atoms with Crippen molar-refractivity contribution in [2.45, 2.75) is 37.3 Å². The lowest BCUT2D eigenvalue weighted by atomic mass is 9.78. The molecule has 3 aromatic carbocycles. The first-order chi connectivity index (χ1) is 18.3. The number of rotatable bonds is 10. The summed E-state index contributed by atoms with van der Waals surface area (Å²) in [5, 5.41) is 25.8. The van der Waals surface area contributed by atoms with Crippen molar-refractivity contribution in [2.75, 3.05) is 26.7 Å². The Morgan fingerprint density at radius 1 is 1.11 bits per heavy atom. The molecule has 0 aliphatic carbocycles. The first-order valence-corrected chi connectivity index (χ1v) is 13.2. The number of halogens is 1. The van der Waals surface area contributed by atoms with Crippen molar-refractivity contribution in [1.82, 2.24) is 10.2 Å². The maximum atomic E-state index is 13.9. The second-order valence-electron chi connectivity index (χ2n) is 9.53. The van der Waals surface area contributed by atoms with Crippen LogP contribution >= 0.6 is 11.6 Å². The van der Waals surface area contributed by atoms with Gasteiger partial charge in [0.2, 0.25) is 0 Å². The average molecular weight is 537 g/mol. The molecule has 8 heteroatoms. The van der Waals surface area contributed by atoms with Crippen LogP contribution in [0.3, 0.4) is 0 Å². The molecule has 0 bridgehead atoms. The van der Waals surface area contributed by atoms with Gasteiger partial charge in [0, 0.05) is 40.8 Å². The summed E-state index contributed by atoms with van der Waals surface area (Å²) in [5.74, 6) is 0.148. The molecule has 200 valence electrons. The number of nitrogens with zero attached hydrogens (tertiary/aromatic N) is 1. The molecule has 2 unspecified atom stereocenters. The molecule has 4 rings (SSSR count). The number of carboxylic acid groups (broad SMARTS) is 1. The predicted octanol–water partition coefficient (Wildman–Crippen LogP) is 5.60. The average Bonchev–Trinajstić information content (AvgIpc) is 2.95. The molecule has 1 amide bonds. The topological polar surface area (TPSA) is 99.1 Å². The molecule has 1 saturated heterocycles. The van der Waals surface area contributed by atoms with Crippen molar-refractivity contribution in [2.24, 2.45) is 0 Å². The molecule has 1 fully saturated rings. The van der Waals surface area contributed by atoms with Crippen molar-refractivity contribution in [3.8, 4) is 16.9 Å². The molecule has 3 N–H and O–H groups in total. The van der Waals surface area contributed by atoms with E-state index in [1.54, 1.807) is 61.7 Å². The minimum Gasteiger partial charge on any atom is -0.497 e. The molecule has 1 heterocycles. The van der Waals surface area contributed by atoms with Crippen LogP contribution in [-0.4, -0.2) is 59.8 Å². The molecule has 38 heavy (non-hydrogen) atoms. The van der Waals surface area contributed by atoms with Crippen LogP contribution in [0, 0.1) is 0 Å². The number of hydrogen-bond donors (Lipinski definition) is 3. The van der Waals surface area contributed by atoms with E-state index in [1.807, 2.05) is 18.2 Å². The van der Waals surface area contributed by atoms with E-state index in [0.29, 0.717) is 39.6 Å². The fourth-order valence-electron chi connectivity index (χ4n) is 5.18. The highest BCUT2D eigenvalue weighted by molar-refractivity contribution is 6.33. The van der Waals surface area contributed by atoms with Crippen LogP contribution in [0.5, 0.6) is 5.75 Å². The van der Waals surface area contributed by atoms with Crippen LogP contribution < -0.4 is 10.1 Å². The Morgan fingerprint density at radius 2 is 1.87 bits per heavy atom. The third kappa shape index (κ3) is 6.01. The molecule has 1 aliphatic heterocycles. The predicted molar refractivity (Wildman–Crippen MR) is 148 cm³/mol. The summed E-state index contributed by atoms with van der Waals surface area (Å²) in [6.07, 6.45) is 0.971. The number of ether oxygens (including phenoxy) is 1. The number of amides is 1. The van der Waals surface area contributed by atoms with Crippen LogP contribution in [0.15, 0.2) is 72.8 Å². The number of carbonyl (C=O) groups is 2. The van der Waals surface area contributed by atoms with Crippen LogP contribution in [-0.2, 0) is 5.60 Å². The number of carbonyl (C=O) groups excluding carboxylic acids is 1. The zero-order chi connectivity index (χ0) is 27.1. The highest BCUT2D eigenvalue weighted by Gasteiger charge is 2.41.